The Balaban J connectivity index is -0.0000000569. The summed E-state index contributed by atoms with van der Waals surface area (Å²) in [6.45, 7) is 7.58. The molecule has 0 aromatic carbocycles. The first kappa shape index (κ1) is 24.1. The summed E-state index contributed by atoms with van der Waals surface area (Å²) in [5, 5.41) is 8.73. The van der Waals surface area contributed by atoms with Gasteiger partial charge < -0.3 is 6.42 Å². The Hall–Kier alpha value is 2.73. The first-order valence-corrected chi connectivity index (χ1v) is 4.78. The molecule has 1 radical (unpaired) electrons. The van der Waals surface area contributed by atoms with Crippen LogP contribution in [0.15, 0.2) is 0 Å². The van der Waals surface area contributed by atoms with Crippen molar-refractivity contribution >= 4 is 4.40 Å². The maximum atomic E-state index is 8.73. The molecule has 1 atom stereocenters. The SMILES string of the molecule is C[CH-]C.[CH2-]CCC(O)[C-]=[W].[Y+3].[Y]. The zero-order chi connectivity index (χ0) is 8.41. The van der Waals surface area contributed by atoms with E-state index in [1.54, 1.807) is 0 Å². The summed E-state index contributed by atoms with van der Waals surface area (Å²) in [6.07, 6.45) is 3.22. The number of aliphatic hydroxyl groups excluding tert-OH is 1. The van der Waals surface area contributed by atoms with Crippen LogP contribution in [0.4, 0.5) is 0 Å². The van der Waals surface area contributed by atoms with Crippen molar-refractivity contribution in [1.29, 1.82) is 0 Å². The van der Waals surface area contributed by atoms with Gasteiger partial charge in [0.1, 0.15) is 0 Å². The molecular formula is C8H15OWY2. The Morgan fingerprint density at radius 1 is 1.58 bits per heavy atom. The van der Waals surface area contributed by atoms with E-state index in [0.29, 0.717) is 0 Å². The standard InChI is InChI=1S/C5H8O.C3H7.W.2Y/c1-3-4-5(2)6;1-3-2;;;/h5-6H,1,3-4H2;3H,1-2H3;;;/q-2;-1;;;+3. The molecule has 0 fully saturated rings. The van der Waals surface area contributed by atoms with E-state index in [2.05, 4.69) is 11.3 Å². The number of aliphatic hydroxyl groups is 1. The average Bonchev–Trinajstić information content (AvgIpc) is 1.90. The van der Waals surface area contributed by atoms with Gasteiger partial charge in [0.05, 0.1) is 0 Å². The Morgan fingerprint density at radius 3 is 2.00 bits per heavy atom. The molecule has 0 aliphatic heterocycles. The molecule has 0 saturated heterocycles. The summed E-state index contributed by atoms with van der Waals surface area (Å²) in [7, 11) is 0. The third kappa shape index (κ3) is 29.3. The van der Waals surface area contributed by atoms with E-state index in [4.69, 9.17) is 5.11 Å². The van der Waals surface area contributed by atoms with E-state index in [1.165, 1.54) is 19.4 Å². The summed E-state index contributed by atoms with van der Waals surface area (Å²) < 4.78 is 2.76. The van der Waals surface area contributed by atoms with Gasteiger partial charge in [-0.05, 0) is 0 Å². The Bertz CT molecular complexity index is 72.1. The summed E-state index contributed by atoms with van der Waals surface area (Å²) in [5.74, 6) is 0. The van der Waals surface area contributed by atoms with Crippen molar-refractivity contribution in [3.05, 3.63) is 13.3 Å². The molecule has 1 nitrogen and oxygen atoms in total. The van der Waals surface area contributed by atoms with E-state index in [0.717, 1.165) is 12.8 Å². The van der Waals surface area contributed by atoms with Crippen molar-refractivity contribution in [1.82, 2.24) is 0 Å². The van der Waals surface area contributed by atoms with Gasteiger partial charge in [0.25, 0.3) is 0 Å². The van der Waals surface area contributed by atoms with E-state index in [1.807, 2.05) is 20.3 Å². The van der Waals surface area contributed by atoms with Gasteiger partial charge in [-0.2, -0.15) is 13.8 Å². The monoisotopic (exact) mass is 489 g/mol. The van der Waals surface area contributed by atoms with Crippen LogP contribution in [0.5, 0.6) is 0 Å². The third-order valence-corrected chi connectivity index (χ3v) is 1.59. The predicted octanol–water partition coefficient (Wildman–Crippen LogP) is 1.41. The van der Waals surface area contributed by atoms with Gasteiger partial charge in [-0.3, -0.25) is 0 Å². The zero-order valence-electron chi connectivity index (χ0n) is 7.79. The van der Waals surface area contributed by atoms with Crippen LogP contribution in [0.3, 0.4) is 0 Å². The van der Waals surface area contributed by atoms with Crippen molar-refractivity contribution < 1.29 is 89.9 Å². The molecule has 0 spiro atoms. The molecule has 0 aromatic rings. The fourth-order valence-corrected chi connectivity index (χ4v) is 0.676. The average molecular weight is 489 g/mol. The van der Waals surface area contributed by atoms with E-state index in [-0.39, 0.29) is 71.5 Å². The van der Waals surface area contributed by atoms with Crippen LogP contribution in [-0.4, -0.2) is 15.6 Å². The van der Waals surface area contributed by atoms with Gasteiger partial charge in [0.2, 0.25) is 0 Å². The molecule has 65 valence electrons. The number of rotatable bonds is 3. The molecule has 0 aliphatic carbocycles. The molecule has 0 heterocycles. The zero-order valence-corrected chi connectivity index (χ0v) is 16.4. The van der Waals surface area contributed by atoms with Gasteiger partial charge in [-0.15, -0.1) is 0 Å². The van der Waals surface area contributed by atoms with Crippen LogP contribution in [-0.2, 0) is 84.8 Å². The molecule has 0 aliphatic rings. The minimum Gasteiger partial charge on any atom is 0 e. The number of hydrogen-bond donors (Lipinski definition) is 1. The second-order valence-electron chi connectivity index (χ2n) is 1.85. The van der Waals surface area contributed by atoms with Gasteiger partial charge in [0.15, 0.2) is 0 Å². The van der Waals surface area contributed by atoms with Crippen molar-refractivity contribution in [3.63, 3.8) is 0 Å². The van der Waals surface area contributed by atoms with Crippen LogP contribution in [0.1, 0.15) is 26.7 Å². The summed E-state index contributed by atoms with van der Waals surface area (Å²) in [4.78, 5) is 0. The molecule has 12 heavy (non-hydrogen) atoms. The molecule has 0 saturated carbocycles. The van der Waals surface area contributed by atoms with Gasteiger partial charge in [0, 0.05) is 32.7 Å². The molecular weight excluding hydrogens is 474 g/mol. The normalized spacial score (nSPS) is 9.33. The quantitative estimate of drug-likeness (QED) is 0.596. The van der Waals surface area contributed by atoms with Crippen molar-refractivity contribution in [2.24, 2.45) is 0 Å². The minimum atomic E-state index is -0.326. The van der Waals surface area contributed by atoms with Crippen LogP contribution < -0.4 is 0 Å². The predicted molar refractivity (Wildman–Crippen MR) is 41.3 cm³/mol. The Morgan fingerprint density at radius 2 is 1.92 bits per heavy atom. The molecule has 1 N–H and O–H groups in total. The second-order valence-corrected chi connectivity index (χ2v) is 2.70. The van der Waals surface area contributed by atoms with Gasteiger partial charge >= 0.3 is 87.4 Å². The molecule has 0 rings (SSSR count). The summed E-state index contributed by atoms with van der Waals surface area (Å²) in [6, 6.07) is 0. The largest absolute Gasteiger partial charge is 3.00 e. The first-order chi connectivity index (χ1) is 4.72. The fraction of sp³-hybridized carbons (Fsp3) is 0.625. The molecule has 4 heteroatoms. The topological polar surface area (TPSA) is 20.2 Å². The maximum Gasteiger partial charge on any atom is 3.00 e. The van der Waals surface area contributed by atoms with Gasteiger partial charge in [-0.1, -0.05) is 0 Å². The van der Waals surface area contributed by atoms with E-state index < -0.39 is 0 Å². The van der Waals surface area contributed by atoms with Crippen LogP contribution >= 0.6 is 0 Å². The van der Waals surface area contributed by atoms with Crippen LogP contribution in [0, 0.1) is 13.3 Å². The van der Waals surface area contributed by atoms with Crippen LogP contribution in [0.25, 0.3) is 0 Å². The number of hydrogen-bond acceptors (Lipinski definition) is 1. The summed E-state index contributed by atoms with van der Waals surface area (Å²) >= 11 is 1.20. The Labute approximate surface area is 138 Å². The van der Waals surface area contributed by atoms with Crippen molar-refractivity contribution in [3.8, 4) is 0 Å². The van der Waals surface area contributed by atoms with Crippen molar-refractivity contribution in [2.45, 2.75) is 32.8 Å². The molecule has 0 amide bonds. The second kappa shape index (κ2) is 23.5. The minimum absolute atomic E-state index is 0. The third-order valence-electron chi connectivity index (χ3n) is 0.614. The maximum absolute atomic E-state index is 8.73. The fourth-order valence-electron chi connectivity index (χ4n) is 0.252. The molecule has 0 aromatic heterocycles. The first-order valence-electron chi connectivity index (χ1n) is 3.31. The van der Waals surface area contributed by atoms with Gasteiger partial charge in [-0.25, -0.2) is 0 Å². The van der Waals surface area contributed by atoms with E-state index in [9.17, 15) is 0 Å². The Kier molecular flexibility index (Phi) is 47.2. The van der Waals surface area contributed by atoms with Crippen LogP contribution in [0.2, 0.25) is 0 Å². The van der Waals surface area contributed by atoms with Crippen molar-refractivity contribution in [2.75, 3.05) is 0 Å². The van der Waals surface area contributed by atoms with E-state index >= 15 is 0 Å². The molecule has 1 unspecified atom stereocenters. The smallest absolute Gasteiger partial charge is 0 e. The molecule has 0 bridgehead atoms. The summed E-state index contributed by atoms with van der Waals surface area (Å²) in [5.41, 5.74) is 0.